The SMILES string of the molecule is CCCCS(=O)(=O)CC(N)c1ccccn1. The predicted octanol–water partition coefficient (Wildman–Crippen LogP) is 1.30. The van der Waals surface area contributed by atoms with Crippen LogP contribution in [0.1, 0.15) is 31.5 Å². The monoisotopic (exact) mass is 242 g/mol. The first-order valence-electron chi connectivity index (χ1n) is 5.42. The molecule has 0 fully saturated rings. The summed E-state index contributed by atoms with van der Waals surface area (Å²) in [5, 5.41) is 0. The third-order valence-electron chi connectivity index (χ3n) is 2.31. The Morgan fingerprint density at radius 3 is 2.75 bits per heavy atom. The van der Waals surface area contributed by atoms with Crippen molar-refractivity contribution in [2.45, 2.75) is 25.8 Å². The molecule has 1 atom stereocenters. The van der Waals surface area contributed by atoms with Crippen molar-refractivity contribution in [3.8, 4) is 0 Å². The highest BCUT2D eigenvalue weighted by Gasteiger charge is 2.17. The zero-order valence-electron chi connectivity index (χ0n) is 9.46. The molecule has 16 heavy (non-hydrogen) atoms. The molecule has 0 aliphatic rings. The van der Waals surface area contributed by atoms with Crippen LogP contribution in [0.25, 0.3) is 0 Å². The number of unbranched alkanes of at least 4 members (excludes halogenated alkanes) is 1. The number of hydrogen-bond donors (Lipinski definition) is 1. The van der Waals surface area contributed by atoms with E-state index in [-0.39, 0.29) is 11.5 Å². The number of hydrogen-bond acceptors (Lipinski definition) is 4. The Morgan fingerprint density at radius 2 is 2.19 bits per heavy atom. The summed E-state index contributed by atoms with van der Waals surface area (Å²) in [5.41, 5.74) is 6.44. The molecule has 0 aromatic carbocycles. The maximum absolute atomic E-state index is 11.7. The van der Waals surface area contributed by atoms with Crippen molar-refractivity contribution >= 4 is 9.84 Å². The topological polar surface area (TPSA) is 73.0 Å². The molecule has 4 nitrogen and oxygen atoms in total. The molecule has 2 N–H and O–H groups in total. The van der Waals surface area contributed by atoms with Crippen molar-refractivity contribution in [2.75, 3.05) is 11.5 Å². The van der Waals surface area contributed by atoms with Gasteiger partial charge in [-0.15, -0.1) is 0 Å². The van der Waals surface area contributed by atoms with E-state index in [1.54, 1.807) is 24.4 Å². The van der Waals surface area contributed by atoms with E-state index in [4.69, 9.17) is 5.73 Å². The standard InChI is InChI=1S/C11H18N2O2S/c1-2-3-8-16(14,15)9-10(12)11-6-4-5-7-13-11/h4-7,10H,2-3,8-9,12H2,1H3. The summed E-state index contributed by atoms with van der Waals surface area (Å²) in [5.74, 6) is 0.189. The number of pyridine rings is 1. The molecule has 0 saturated heterocycles. The quantitative estimate of drug-likeness (QED) is 0.816. The normalized spacial score (nSPS) is 13.6. The lowest BCUT2D eigenvalue weighted by molar-refractivity contribution is 0.584. The number of aromatic nitrogens is 1. The Kier molecular flexibility index (Phi) is 4.89. The molecule has 0 aliphatic carbocycles. The van der Waals surface area contributed by atoms with Crippen LogP contribution in [-0.4, -0.2) is 24.9 Å². The summed E-state index contributed by atoms with van der Waals surface area (Å²) >= 11 is 0. The van der Waals surface area contributed by atoms with E-state index in [0.717, 1.165) is 6.42 Å². The Morgan fingerprint density at radius 1 is 1.44 bits per heavy atom. The molecular weight excluding hydrogens is 224 g/mol. The third-order valence-corrected chi connectivity index (χ3v) is 4.09. The number of nitrogens with two attached hydrogens (primary N) is 1. The maximum Gasteiger partial charge on any atom is 0.152 e. The molecule has 90 valence electrons. The molecule has 0 spiro atoms. The molecule has 0 saturated carbocycles. The van der Waals surface area contributed by atoms with E-state index in [9.17, 15) is 8.42 Å². The minimum Gasteiger partial charge on any atom is -0.322 e. The van der Waals surface area contributed by atoms with Gasteiger partial charge in [-0.3, -0.25) is 4.98 Å². The van der Waals surface area contributed by atoms with Crippen molar-refractivity contribution in [3.05, 3.63) is 30.1 Å². The Balaban J connectivity index is 2.61. The van der Waals surface area contributed by atoms with Crippen LogP contribution < -0.4 is 5.73 Å². The molecule has 0 radical (unpaired) electrons. The lowest BCUT2D eigenvalue weighted by Gasteiger charge is -2.11. The van der Waals surface area contributed by atoms with Crippen LogP contribution in [0.5, 0.6) is 0 Å². The van der Waals surface area contributed by atoms with E-state index < -0.39 is 15.9 Å². The molecule has 5 heteroatoms. The van der Waals surface area contributed by atoms with Gasteiger partial charge in [0.2, 0.25) is 0 Å². The van der Waals surface area contributed by atoms with E-state index in [1.165, 1.54) is 0 Å². The van der Waals surface area contributed by atoms with Gasteiger partial charge in [0.25, 0.3) is 0 Å². The summed E-state index contributed by atoms with van der Waals surface area (Å²) in [6, 6.07) is 4.81. The van der Waals surface area contributed by atoms with E-state index >= 15 is 0 Å². The van der Waals surface area contributed by atoms with Gasteiger partial charge in [0.05, 0.1) is 23.2 Å². The van der Waals surface area contributed by atoms with Gasteiger partial charge in [0.15, 0.2) is 9.84 Å². The first-order valence-corrected chi connectivity index (χ1v) is 7.24. The average Bonchev–Trinajstić information content (AvgIpc) is 2.27. The Bertz CT molecular complexity index is 403. The van der Waals surface area contributed by atoms with Gasteiger partial charge in [-0.05, 0) is 18.6 Å². The molecule has 0 amide bonds. The summed E-state index contributed by atoms with van der Waals surface area (Å²) in [7, 11) is -3.06. The highest BCUT2D eigenvalue weighted by atomic mass is 32.2. The lowest BCUT2D eigenvalue weighted by atomic mass is 10.2. The van der Waals surface area contributed by atoms with E-state index in [0.29, 0.717) is 12.1 Å². The van der Waals surface area contributed by atoms with Gasteiger partial charge in [-0.1, -0.05) is 19.4 Å². The minimum absolute atomic E-state index is 0.0238. The summed E-state index contributed by atoms with van der Waals surface area (Å²) in [4.78, 5) is 4.05. The zero-order chi connectivity index (χ0) is 12.0. The fourth-order valence-electron chi connectivity index (χ4n) is 1.40. The van der Waals surface area contributed by atoms with Crippen molar-refractivity contribution in [1.29, 1.82) is 0 Å². The molecular formula is C11H18N2O2S. The lowest BCUT2D eigenvalue weighted by Crippen LogP contribution is -2.24. The van der Waals surface area contributed by atoms with Gasteiger partial charge in [0.1, 0.15) is 0 Å². The number of nitrogens with zero attached hydrogens (tertiary/aromatic N) is 1. The van der Waals surface area contributed by atoms with E-state index in [1.807, 2.05) is 6.92 Å². The van der Waals surface area contributed by atoms with Crippen LogP contribution in [-0.2, 0) is 9.84 Å². The van der Waals surface area contributed by atoms with Crippen molar-refractivity contribution < 1.29 is 8.42 Å². The van der Waals surface area contributed by atoms with Crippen LogP contribution in [0.4, 0.5) is 0 Å². The summed E-state index contributed by atoms with van der Waals surface area (Å²) in [6.45, 7) is 1.97. The predicted molar refractivity (Wildman–Crippen MR) is 64.7 cm³/mol. The van der Waals surface area contributed by atoms with Crippen LogP contribution >= 0.6 is 0 Å². The largest absolute Gasteiger partial charge is 0.322 e. The maximum atomic E-state index is 11.7. The van der Waals surface area contributed by atoms with Gasteiger partial charge in [0, 0.05) is 6.20 Å². The molecule has 1 unspecified atom stereocenters. The molecule has 0 bridgehead atoms. The van der Waals surface area contributed by atoms with Crippen molar-refractivity contribution in [3.63, 3.8) is 0 Å². The van der Waals surface area contributed by atoms with Crippen LogP contribution in [0.3, 0.4) is 0 Å². The van der Waals surface area contributed by atoms with Crippen LogP contribution in [0.2, 0.25) is 0 Å². The zero-order valence-corrected chi connectivity index (χ0v) is 10.3. The second-order valence-corrected chi connectivity index (χ2v) is 6.06. The van der Waals surface area contributed by atoms with Gasteiger partial charge < -0.3 is 5.73 Å². The van der Waals surface area contributed by atoms with Gasteiger partial charge >= 0.3 is 0 Å². The third kappa shape index (κ3) is 4.28. The first-order chi connectivity index (χ1) is 7.55. The van der Waals surface area contributed by atoms with Crippen LogP contribution in [0.15, 0.2) is 24.4 Å². The Labute approximate surface area is 96.8 Å². The van der Waals surface area contributed by atoms with E-state index in [2.05, 4.69) is 4.98 Å². The minimum atomic E-state index is -3.06. The summed E-state index contributed by atoms with van der Waals surface area (Å²) in [6.07, 6.45) is 3.18. The average molecular weight is 242 g/mol. The van der Waals surface area contributed by atoms with Gasteiger partial charge in [-0.25, -0.2) is 8.42 Å². The molecule has 1 aromatic heterocycles. The highest BCUT2D eigenvalue weighted by molar-refractivity contribution is 7.91. The fraction of sp³-hybridized carbons (Fsp3) is 0.545. The Hall–Kier alpha value is -0.940. The fourth-order valence-corrected chi connectivity index (χ4v) is 3.01. The number of sulfone groups is 1. The molecule has 0 aliphatic heterocycles. The molecule has 1 aromatic rings. The second kappa shape index (κ2) is 5.96. The van der Waals surface area contributed by atoms with Crippen molar-refractivity contribution in [2.24, 2.45) is 5.73 Å². The van der Waals surface area contributed by atoms with Crippen LogP contribution in [0, 0.1) is 0 Å². The highest BCUT2D eigenvalue weighted by Crippen LogP contribution is 2.10. The molecule has 1 rings (SSSR count). The second-order valence-electron chi connectivity index (χ2n) is 3.83. The molecule has 1 heterocycles. The summed E-state index contributed by atoms with van der Waals surface area (Å²) < 4.78 is 23.3. The number of rotatable bonds is 6. The van der Waals surface area contributed by atoms with Gasteiger partial charge in [-0.2, -0.15) is 0 Å². The smallest absolute Gasteiger partial charge is 0.152 e. The van der Waals surface area contributed by atoms with Crippen molar-refractivity contribution in [1.82, 2.24) is 4.98 Å². The first kappa shape index (κ1) is 13.1.